The van der Waals surface area contributed by atoms with Gasteiger partial charge in [0.15, 0.2) is 0 Å². The van der Waals surface area contributed by atoms with Gasteiger partial charge in [0.05, 0.1) is 28.5 Å². The molecule has 0 aliphatic rings. The first-order valence-electron chi connectivity index (χ1n) is 9.29. The van der Waals surface area contributed by atoms with Gasteiger partial charge in [-0.3, -0.25) is 9.97 Å². The molecule has 0 spiro atoms. The molecule has 30 heavy (non-hydrogen) atoms. The van der Waals surface area contributed by atoms with Gasteiger partial charge in [0.2, 0.25) is 5.95 Å². The number of benzene rings is 3. The van der Waals surface area contributed by atoms with Crippen LogP contribution in [0.5, 0.6) is 0 Å². The van der Waals surface area contributed by atoms with Crippen LogP contribution in [0, 0.1) is 0 Å². The lowest BCUT2D eigenvalue weighted by atomic mass is 10.1. The fraction of sp³-hybridized carbons (Fsp3) is 0. The Hall–Kier alpha value is -3.90. The molecule has 2 heterocycles. The van der Waals surface area contributed by atoms with Gasteiger partial charge >= 0.3 is 0 Å². The van der Waals surface area contributed by atoms with E-state index in [0.29, 0.717) is 11.0 Å². The molecule has 2 aromatic heterocycles. The normalized spacial score (nSPS) is 11.4. The molecule has 5 aromatic rings. The number of halogens is 1. The number of nitrogens with one attached hydrogen (secondary N) is 1. The maximum atomic E-state index is 6.04. The van der Waals surface area contributed by atoms with E-state index >= 15 is 0 Å². The van der Waals surface area contributed by atoms with Gasteiger partial charge in [-0.15, -0.1) is 0 Å². The zero-order valence-corrected chi connectivity index (χ0v) is 16.5. The van der Waals surface area contributed by atoms with Crippen LogP contribution in [0.2, 0.25) is 5.02 Å². The van der Waals surface area contributed by atoms with Crippen LogP contribution in [0.1, 0.15) is 5.56 Å². The lowest BCUT2D eigenvalue weighted by molar-refractivity contribution is 1.16. The molecule has 0 atom stereocenters. The highest BCUT2D eigenvalue weighted by Crippen LogP contribution is 2.28. The van der Waals surface area contributed by atoms with E-state index in [-0.39, 0.29) is 0 Å². The molecule has 0 aliphatic carbocycles. The second-order valence-corrected chi connectivity index (χ2v) is 7.03. The van der Waals surface area contributed by atoms with E-state index < -0.39 is 0 Å². The second kappa shape index (κ2) is 7.85. The molecule has 144 valence electrons. The average Bonchev–Trinajstić information content (AvgIpc) is 2.79. The minimum absolute atomic E-state index is 0.412. The fourth-order valence-electron chi connectivity index (χ4n) is 3.18. The van der Waals surface area contributed by atoms with Crippen molar-refractivity contribution in [3.05, 3.63) is 89.7 Å². The fourth-order valence-corrected chi connectivity index (χ4v) is 3.31. The van der Waals surface area contributed by atoms with Gasteiger partial charge in [0.25, 0.3) is 0 Å². The van der Waals surface area contributed by atoms with Gasteiger partial charge in [-0.25, -0.2) is 15.4 Å². The molecular weight excluding hydrogens is 396 g/mol. The average molecular weight is 411 g/mol. The van der Waals surface area contributed by atoms with Crippen LogP contribution in [0.4, 0.5) is 5.95 Å². The van der Waals surface area contributed by atoms with Crippen LogP contribution in [0.3, 0.4) is 0 Å². The molecular formula is C23H15ClN6. The van der Waals surface area contributed by atoms with Gasteiger partial charge < -0.3 is 0 Å². The number of hydrogen-bond acceptors (Lipinski definition) is 6. The maximum absolute atomic E-state index is 6.04. The topological polar surface area (TPSA) is 76.0 Å². The third-order valence-electron chi connectivity index (χ3n) is 4.59. The Morgan fingerprint density at radius 3 is 2.47 bits per heavy atom. The lowest BCUT2D eigenvalue weighted by Crippen LogP contribution is -2.00. The van der Waals surface area contributed by atoms with Crippen LogP contribution >= 0.6 is 11.6 Å². The Morgan fingerprint density at radius 1 is 0.800 bits per heavy atom. The summed E-state index contributed by atoms with van der Waals surface area (Å²) in [6.45, 7) is 0. The largest absolute Gasteiger partial charge is 0.253 e. The number of hydrogen-bond donors (Lipinski definition) is 1. The van der Waals surface area contributed by atoms with Gasteiger partial charge in [0.1, 0.15) is 0 Å². The van der Waals surface area contributed by atoms with Crippen LogP contribution in [0.15, 0.2) is 84.2 Å². The minimum Gasteiger partial charge on any atom is -0.253 e. The molecule has 0 saturated carbocycles. The van der Waals surface area contributed by atoms with Crippen molar-refractivity contribution in [3.63, 3.8) is 0 Å². The first-order chi connectivity index (χ1) is 14.8. The summed E-state index contributed by atoms with van der Waals surface area (Å²) in [5, 5.41) is 5.95. The highest BCUT2D eigenvalue weighted by Gasteiger charge is 2.09. The summed E-state index contributed by atoms with van der Waals surface area (Å²) in [4.78, 5) is 17.8. The SMILES string of the molecule is Clc1ccc(-c2nc(N/N=C\c3ccc4nccnc4c3)nc3ccccc23)cc1. The van der Waals surface area contributed by atoms with E-state index in [0.717, 1.165) is 38.8 Å². The number of anilines is 1. The van der Waals surface area contributed by atoms with Gasteiger partial charge in [-0.1, -0.05) is 48.0 Å². The predicted octanol–water partition coefficient (Wildman–Crippen LogP) is 5.34. The van der Waals surface area contributed by atoms with Crippen molar-refractivity contribution in [2.75, 3.05) is 5.43 Å². The zero-order valence-electron chi connectivity index (χ0n) is 15.7. The number of nitrogens with zero attached hydrogens (tertiary/aromatic N) is 5. The lowest BCUT2D eigenvalue weighted by Gasteiger charge is -2.08. The molecule has 0 bridgehead atoms. The summed E-state index contributed by atoms with van der Waals surface area (Å²) in [6, 6.07) is 21.2. The van der Waals surface area contributed by atoms with Crippen LogP contribution in [0.25, 0.3) is 33.2 Å². The highest BCUT2D eigenvalue weighted by molar-refractivity contribution is 6.30. The van der Waals surface area contributed by atoms with Crippen molar-refractivity contribution in [3.8, 4) is 11.3 Å². The minimum atomic E-state index is 0.412. The van der Waals surface area contributed by atoms with Gasteiger partial charge in [0, 0.05) is 28.4 Å². The van der Waals surface area contributed by atoms with Crippen molar-refractivity contribution in [1.29, 1.82) is 0 Å². The molecule has 0 amide bonds. The zero-order chi connectivity index (χ0) is 20.3. The Kier molecular flexibility index (Phi) is 4.75. The second-order valence-electron chi connectivity index (χ2n) is 6.59. The van der Waals surface area contributed by atoms with Crippen molar-refractivity contribution >= 4 is 45.7 Å². The molecule has 0 aliphatic heterocycles. The summed E-state index contributed by atoms with van der Waals surface area (Å²) in [7, 11) is 0. The molecule has 6 nitrogen and oxygen atoms in total. The van der Waals surface area contributed by atoms with E-state index in [1.165, 1.54) is 0 Å². The molecule has 0 fully saturated rings. The Bertz CT molecular complexity index is 1380. The Morgan fingerprint density at radius 2 is 1.60 bits per heavy atom. The first-order valence-corrected chi connectivity index (χ1v) is 9.67. The van der Waals surface area contributed by atoms with Gasteiger partial charge in [-0.05, 0) is 35.9 Å². The molecule has 0 unspecified atom stereocenters. The van der Waals surface area contributed by atoms with Crippen molar-refractivity contribution < 1.29 is 0 Å². The highest BCUT2D eigenvalue weighted by atomic mass is 35.5. The standard InChI is InChI=1S/C23H15ClN6/c24-17-8-6-16(7-9-17)22-18-3-1-2-4-19(18)28-23(29-22)30-27-14-15-5-10-20-21(13-15)26-12-11-25-20/h1-14H,(H,28,29,30)/b27-14-. The molecule has 5 rings (SSSR count). The monoisotopic (exact) mass is 410 g/mol. The van der Waals surface area contributed by atoms with E-state index in [2.05, 4.69) is 30.5 Å². The van der Waals surface area contributed by atoms with Crippen molar-refractivity contribution in [2.24, 2.45) is 5.10 Å². The summed E-state index contributed by atoms with van der Waals surface area (Å²) < 4.78 is 0. The quantitative estimate of drug-likeness (QED) is 0.319. The summed E-state index contributed by atoms with van der Waals surface area (Å²) in [6.07, 6.45) is 5.05. The Balaban J connectivity index is 1.48. The molecule has 1 N–H and O–H groups in total. The molecule has 3 aromatic carbocycles. The van der Waals surface area contributed by atoms with Crippen LogP contribution in [-0.4, -0.2) is 26.2 Å². The summed E-state index contributed by atoms with van der Waals surface area (Å²) in [5.74, 6) is 0.412. The maximum Gasteiger partial charge on any atom is 0.244 e. The summed E-state index contributed by atoms with van der Waals surface area (Å²) >= 11 is 6.04. The third-order valence-corrected chi connectivity index (χ3v) is 4.84. The van der Waals surface area contributed by atoms with E-state index in [1.54, 1.807) is 18.6 Å². The van der Waals surface area contributed by atoms with E-state index in [1.807, 2.05) is 66.7 Å². The Labute approximate surface area is 177 Å². The van der Waals surface area contributed by atoms with E-state index in [4.69, 9.17) is 11.6 Å². The predicted molar refractivity (Wildman–Crippen MR) is 121 cm³/mol. The number of hydrazone groups is 1. The van der Waals surface area contributed by atoms with Gasteiger partial charge in [-0.2, -0.15) is 5.10 Å². The molecule has 0 saturated heterocycles. The first kappa shape index (κ1) is 18.1. The van der Waals surface area contributed by atoms with Crippen LogP contribution < -0.4 is 5.43 Å². The number of aromatic nitrogens is 4. The molecule has 7 heteroatoms. The number of fused-ring (bicyclic) bond motifs is 2. The summed E-state index contributed by atoms with van der Waals surface area (Å²) in [5.41, 5.74) is 8.09. The number of rotatable bonds is 4. The van der Waals surface area contributed by atoms with Crippen LogP contribution in [-0.2, 0) is 0 Å². The van der Waals surface area contributed by atoms with Crippen molar-refractivity contribution in [1.82, 2.24) is 19.9 Å². The smallest absolute Gasteiger partial charge is 0.244 e. The molecule has 0 radical (unpaired) electrons. The van der Waals surface area contributed by atoms with Crippen molar-refractivity contribution in [2.45, 2.75) is 0 Å². The third kappa shape index (κ3) is 3.68. The number of para-hydroxylation sites is 1. The van der Waals surface area contributed by atoms with E-state index in [9.17, 15) is 0 Å².